The number of anilines is 4. The fraction of sp³-hybridized carbons (Fsp3) is 0. The van der Waals surface area contributed by atoms with Crippen molar-refractivity contribution >= 4 is 52.5 Å². The highest BCUT2D eigenvalue weighted by Crippen LogP contribution is 2.17. The summed E-state index contributed by atoms with van der Waals surface area (Å²) in [7, 11) is 0. The molecule has 11 heteroatoms. The van der Waals surface area contributed by atoms with Gasteiger partial charge in [-0.1, -0.05) is 12.1 Å². The van der Waals surface area contributed by atoms with Gasteiger partial charge in [-0.15, -0.1) is 0 Å². The summed E-state index contributed by atoms with van der Waals surface area (Å²) in [5, 5.41) is 28.7. The second kappa shape index (κ2) is 12.0. The number of hydrogen-bond donors (Lipinski definition) is 6. The van der Waals surface area contributed by atoms with Crippen molar-refractivity contribution in [2.45, 2.75) is 0 Å². The van der Waals surface area contributed by atoms with Crippen molar-refractivity contribution in [2.75, 3.05) is 21.3 Å². The van der Waals surface area contributed by atoms with Crippen molar-refractivity contribution in [1.82, 2.24) is 0 Å². The third-order valence-corrected chi connectivity index (χ3v) is 5.54. The molecule has 4 aromatic carbocycles. The minimum Gasteiger partial charge on any atom is -0.478 e. The lowest BCUT2D eigenvalue weighted by molar-refractivity contribution is 0.0686. The summed E-state index contributed by atoms with van der Waals surface area (Å²) in [6.07, 6.45) is 0. The minimum atomic E-state index is -1.10. The molecule has 4 rings (SSSR count). The molecule has 0 atom stereocenters. The van der Waals surface area contributed by atoms with Gasteiger partial charge in [-0.05, 0) is 84.9 Å². The molecule has 0 aliphatic rings. The third kappa shape index (κ3) is 7.07. The molecule has 0 spiro atoms. The van der Waals surface area contributed by atoms with Gasteiger partial charge in [-0.25, -0.2) is 14.4 Å². The number of carbonyl (C=O) groups excluding carboxylic acids is 3. The lowest BCUT2D eigenvalue weighted by Gasteiger charge is -2.10. The number of urea groups is 1. The molecular formula is C29H22N4O7. The molecule has 0 unspecified atom stereocenters. The van der Waals surface area contributed by atoms with E-state index < -0.39 is 29.8 Å². The lowest BCUT2D eigenvalue weighted by atomic mass is 10.1. The summed E-state index contributed by atoms with van der Waals surface area (Å²) >= 11 is 0. The van der Waals surface area contributed by atoms with Crippen LogP contribution in [0.15, 0.2) is 97.1 Å². The van der Waals surface area contributed by atoms with Crippen LogP contribution < -0.4 is 21.3 Å². The van der Waals surface area contributed by atoms with Crippen molar-refractivity contribution in [3.8, 4) is 0 Å². The second-order valence-electron chi connectivity index (χ2n) is 8.41. The van der Waals surface area contributed by atoms with Crippen LogP contribution in [0.3, 0.4) is 0 Å². The van der Waals surface area contributed by atoms with Gasteiger partial charge in [-0.3, -0.25) is 9.59 Å². The van der Waals surface area contributed by atoms with Gasteiger partial charge < -0.3 is 31.5 Å². The number of benzene rings is 4. The van der Waals surface area contributed by atoms with Crippen LogP contribution in [0.25, 0.3) is 0 Å². The Kier molecular flexibility index (Phi) is 8.16. The van der Waals surface area contributed by atoms with Gasteiger partial charge in [0.15, 0.2) is 0 Å². The smallest absolute Gasteiger partial charge is 0.335 e. The van der Waals surface area contributed by atoms with Crippen molar-refractivity contribution in [3.63, 3.8) is 0 Å². The number of amides is 4. The van der Waals surface area contributed by atoms with Crippen LogP contribution in [0.5, 0.6) is 0 Å². The number of aromatic carboxylic acids is 2. The largest absolute Gasteiger partial charge is 0.478 e. The quantitative estimate of drug-likeness (QED) is 0.178. The van der Waals surface area contributed by atoms with E-state index in [2.05, 4.69) is 21.3 Å². The van der Waals surface area contributed by atoms with E-state index >= 15 is 0 Å². The fourth-order valence-electron chi connectivity index (χ4n) is 3.57. The van der Waals surface area contributed by atoms with Crippen LogP contribution in [0.2, 0.25) is 0 Å². The zero-order valence-electron chi connectivity index (χ0n) is 20.7. The third-order valence-electron chi connectivity index (χ3n) is 5.54. The Morgan fingerprint density at radius 1 is 0.425 bits per heavy atom. The summed E-state index contributed by atoms with van der Waals surface area (Å²) in [6, 6.07) is 23.3. The van der Waals surface area contributed by atoms with Crippen molar-refractivity contribution < 1.29 is 34.2 Å². The summed E-state index contributed by atoms with van der Waals surface area (Å²) < 4.78 is 0. The van der Waals surface area contributed by atoms with Crippen molar-refractivity contribution in [3.05, 3.63) is 119 Å². The molecule has 0 saturated heterocycles. The van der Waals surface area contributed by atoms with Gasteiger partial charge in [0, 0.05) is 33.9 Å². The van der Waals surface area contributed by atoms with Gasteiger partial charge in [0.05, 0.1) is 11.1 Å². The van der Waals surface area contributed by atoms with E-state index in [4.69, 9.17) is 10.2 Å². The predicted octanol–water partition coefficient (Wildman–Crippen LogP) is 5.23. The molecule has 4 aromatic rings. The molecule has 0 aliphatic heterocycles. The molecule has 0 radical (unpaired) electrons. The molecular weight excluding hydrogens is 516 g/mol. The van der Waals surface area contributed by atoms with Crippen LogP contribution in [0.1, 0.15) is 41.4 Å². The molecule has 0 aliphatic carbocycles. The van der Waals surface area contributed by atoms with Gasteiger partial charge in [-0.2, -0.15) is 0 Å². The second-order valence-corrected chi connectivity index (χ2v) is 8.41. The first kappa shape index (κ1) is 27.1. The average Bonchev–Trinajstić information content (AvgIpc) is 2.94. The first-order valence-corrected chi connectivity index (χ1v) is 11.8. The van der Waals surface area contributed by atoms with E-state index in [1.807, 2.05) is 0 Å². The summed E-state index contributed by atoms with van der Waals surface area (Å²) in [5.41, 5.74) is 2.20. The Hall–Kier alpha value is -5.97. The molecule has 0 fully saturated rings. The maximum atomic E-state index is 12.5. The number of carbonyl (C=O) groups is 5. The molecule has 0 bridgehead atoms. The van der Waals surface area contributed by atoms with Crippen LogP contribution in [-0.2, 0) is 0 Å². The fourth-order valence-corrected chi connectivity index (χ4v) is 3.57. The zero-order valence-corrected chi connectivity index (χ0v) is 20.7. The average molecular weight is 539 g/mol. The zero-order chi connectivity index (χ0) is 28.6. The SMILES string of the molecule is O=C(Nc1ccc(C(=O)Nc2cccc(C(=O)O)c2)cc1)Nc1ccc(C(=O)Nc2cccc(C(=O)O)c2)cc1. The van der Waals surface area contributed by atoms with E-state index in [1.165, 1.54) is 84.9 Å². The van der Waals surface area contributed by atoms with Crippen LogP contribution in [0, 0.1) is 0 Å². The number of hydrogen-bond acceptors (Lipinski definition) is 5. The molecule has 200 valence electrons. The summed E-state index contributed by atoms with van der Waals surface area (Å²) in [5.74, 6) is -3.10. The van der Waals surface area contributed by atoms with E-state index in [0.717, 1.165) is 0 Å². The molecule has 4 amide bonds. The highest BCUT2D eigenvalue weighted by atomic mass is 16.4. The van der Waals surface area contributed by atoms with Gasteiger partial charge in [0.25, 0.3) is 11.8 Å². The standard InChI is InChI=1S/C29H22N4O7/c34-25(30-23-5-1-3-19(15-23)27(36)37)17-7-11-21(12-8-17)32-29(40)33-22-13-9-18(10-14-22)26(35)31-24-6-2-4-20(16-24)28(38)39/h1-16H,(H,30,34)(H,31,35)(H,36,37)(H,38,39)(H2,32,33,40). The topological polar surface area (TPSA) is 174 Å². The Morgan fingerprint density at radius 3 is 1.15 bits per heavy atom. The maximum absolute atomic E-state index is 12.5. The van der Waals surface area contributed by atoms with E-state index in [9.17, 15) is 24.0 Å². The molecule has 6 N–H and O–H groups in total. The normalized spacial score (nSPS) is 10.2. The highest BCUT2D eigenvalue weighted by Gasteiger charge is 2.11. The van der Waals surface area contributed by atoms with Crippen LogP contribution in [-0.4, -0.2) is 40.0 Å². The minimum absolute atomic E-state index is 0.0459. The first-order chi connectivity index (χ1) is 19.2. The van der Waals surface area contributed by atoms with Gasteiger partial charge >= 0.3 is 18.0 Å². The monoisotopic (exact) mass is 538 g/mol. The lowest BCUT2D eigenvalue weighted by Crippen LogP contribution is -2.20. The van der Waals surface area contributed by atoms with Gasteiger partial charge in [0.1, 0.15) is 0 Å². The number of carboxylic acids is 2. The Balaban J connectivity index is 1.30. The van der Waals surface area contributed by atoms with Crippen molar-refractivity contribution in [2.24, 2.45) is 0 Å². The first-order valence-electron chi connectivity index (χ1n) is 11.8. The van der Waals surface area contributed by atoms with Gasteiger partial charge in [0.2, 0.25) is 0 Å². The molecule has 40 heavy (non-hydrogen) atoms. The summed E-state index contributed by atoms with van der Waals surface area (Å²) in [6.45, 7) is 0. The van der Waals surface area contributed by atoms with E-state index in [0.29, 0.717) is 33.9 Å². The Morgan fingerprint density at radius 2 is 0.800 bits per heavy atom. The Bertz CT molecular complexity index is 1480. The van der Waals surface area contributed by atoms with Crippen molar-refractivity contribution in [1.29, 1.82) is 0 Å². The molecule has 0 aromatic heterocycles. The maximum Gasteiger partial charge on any atom is 0.335 e. The number of rotatable bonds is 8. The van der Waals surface area contributed by atoms with E-state index in [1.54, 1.807) is 12.1 Å². The van der Waals surface area contributed by atoms with Crippen LogP contribution in [0.4, 0.5) is 27.5 Å². The number of carboxylic acid groups (broad SMARTS) is 2. The van der Waals surface area contributed by atoms with E-state index in [-0.39, 0.29) is 11.1 Å². The highest BCUT2D eigenvalue weighted by molar-refractivity contribution is 6.06. The molecule has 11 nitrogen and oxygen atoms in total. The van der Waals surface area contributed by atoms with Crippen LogP contribution >= 0.6 is 0 Å². The predicted molar refractivity (Wildman–Crippen MR) is 148 cm³/mol. The molecule has 0 heterocycles. The molecule has 0 saturated carbocycles. The number of nitrogens with one attached hydrogen (secondary N) is 4. The Labute approximate surface area is 227 Å². The summed E-state index contributed by atoms with van der Waals surface area (Å²) in [4.78, 5) is 59.6.